The monoisotopic (exact) mass is 243 g/mol. The molecule has 7 atom stereocenters. The van der Waals surface area contributed by atoms with Crippen LogP contribution in [0, 0.1) is 0 Å². The molecule has 1 fully saturated rings. The van der Waals surface area contributed by atoms with Gasteiger partial charge in [-0.15, -0.1) is 0 Å². The van der Waals surface area contributed by atoms with E-state index in [0.29, 0.717) is 0 Å². The fourth-order valence-electron chi connectivity index (χ4n) is 1.50. The highest BCUT2D eigenvalue weighted by Crippen LogP contribution is 2.25. The van der Waals surface area contributed by atoms with Gasteiger partial charge in [-0.05, 0) is 6.92 Å². The molecule has 0 amide bonds. The maximum Gasteiger partial charge on any atom is 0.211 e. The third kappa shape index (κ3) is 2.61. The van der Waals surface area contributed by atoms with Crippen LogP contribution in [0.25, 0.3) is 0 Å². The van der Waals surface area contributed by atoms with Gasteiger partial charge in [0, 0.05) is 18.9 Å². The molecule has 14 heavy (non-hydrogen) atoms. The largest absolute Gasteiger partial charge is 0.388 e. The lowest BCUT2D eigenvalue weighted by atomic mass is 9.96. The van der Waals surface area contributed by atoms with E-state index in [9.17, 15) is 5.11 Å². The van der Waals surface area contributed by atoms with Crippen molar-refractivity contribution in [3.63, 3.8) is 0 Å². The maximum atomic E-state index is 9.86. The van der Waals surface area contributed by atoms with Gasteiger partial charge in [-0.1, -0.05) is 0 Å². The summed E-state index contributed by atoms with van der Waals surface area (Å²) in [6.45, 7) is 2.00. The van der Waals surface area contributed by atoms with Gasteiger partial charge < -0.3 is 24.0 Å². The van der Waals surface area contributed by atoms with Crippen molar-refractivity contribution in [2.75, 3.05) is 6.61 Å². The molecule has 5 nitrogen and oxygen atoms in total. The fourth-order valence-corrected chi connectivity index (χ4v) is 2.00. The Morgan fingerprint density at radius 3 is 2.71 bits per heavy atom. The van der Waals surface area contributed by atoms with Crippen LogP contribution in [0.15, 0.2) is 0 Å². The second kappa shape index (κ2) is 5.66. The van der Waals surface area contributed by atoms with E-state index < -0.39 is 24.4 Å². The molecule has 84 valence electrons. The van der Waals surface area contributed by atoms with E-state index in [1.54, 1.807) is 6.92 Å². The van der Waals surface area contributed by atoms with Crippen molar-refractivity contribution < 1.29 is 24.0 Å². The van der Waals surface area contributed by atoms with Gasteiger partial charge in [-0.2, -0.15) is 0 Å². The molecule has 0 bridgehead atoms. The molecule has 1 rings (SSSR count). The summed E-state index contributed by atoms with van der Waals surface area (Å²) in [5, 5.41) is 14.3. The number of aliphatic hydroxyl groups excluding tert-OH is 2. The molecular formula is C7H16O5P2. The topological polar surface area (TPSA) is 68.2 Å². The molecule has 0 spiro atoms. The van der Waals surface area contributed by atoms with Gasteiger partial charge in [0.15, 0.2) is 0 Å². The van der Waals surface area contributed by atoms with E-state index in [1.807, 2.05) is 0 Å². The first kappa shape index (κ1) is 11.2. The van der Waals surface area contributed by atoms with Crippen molar-refractivity contribution in [3.05, 3.63) is 0 Å². The van der Waals surface area contributed by atoms with Crippen molar-refractivity contribution in [1.29, 1.82) is 1.43 Å². The zero-order valence-corrected chi connectivity index (χ0v) is 10.1. The Kier molecular flexibility index (Phi) is 4.51. The molecule has 0 aromatic heterocycles. The summed E-state index contributed by atoms with van der Waals surface area (Å²) in [7, 11) is 4.16. The smallest absolute Gasteiger partial charge is 0.211 e. The SMILES string of the molecule is [2H]O[C@H]1C(C)OC(COP)[C@H](O)[C@@H]1OP. The Bertz CT molecular complexity index is 198. The molecule has 7 heteroatoms. The highest BCUT2D eigenvalue weighted by atomic mass is 31.0. The molecule has 0 saturated carbocycles. The van der Waals surface area contributed by atoms with Gasteiger partial charge in [0.1, 0.15) is 24.4 Å². The van der Waals surface area contributed by atoms with Gasteiger partial charge in [0.25, 0.3) is 0 Å². The Morgan fingerprint density at radius 2 is 2.21 bits per heavy atom. The van der Waals surface area contributed by atoms with E-state index in [2.05, 4.69) is 24.0 Å². The summed E-state index contributed by atoms with van der Waals surface area (Å²) in [6.07, 6.45) is -2.91. The summed E-state index contributed by atoms with van der Waals surface area (Å²) >= 11 is 0. The minimum absolute atomic E-state index is 0.241. The second-order valence-corrected chi connectivity index (χ2v) is 3.87. The van der Waals surface area contributed by atoms with Gasteiger partial charge >= 0.3 is 0 Å². The Hall–Kier alpha value is 0.660. The first-order chi connectivity index (χ1) is 7.15. The molecule has 1 aliphatic rings. The zero-order valence-electron chi connectivity index (χ0n) is 8.83. The van der Waals surface area contributed by atoms with Crippen LogP contribution in [0.1, 0.15) is 6.92 Å². The lowest BCUT2D eigenvalue weighted by molar-refractivity contribution is -0.212. The van der Waals surface area contributed by atoms with Crippen molar-refractivity contribution in [3.8, 4) is 0 Å². The van der Waals surface area contributed by atoms with Crippen molar-refractivity contribution in [1.82, 2.24) is 0 Å². The summed E-state index contributed by atoms with van der Waals surface area (Å²) in [5.41, 5.74) is 0. The predicted octanol–water partition coefficient (Wildman–Crippen LogP) is -0.523. The van der Waals surface area contributed by atoms with Crippen LogP contribution in [0.3, 0.4) is 0 Å². The number of rotatable bonds is 4. The van der Waals surface area contributed by atoms with Crippen LogP contribution in [0.2, 0.25) is 0 Å². The average Bonchev–Trinajstić information content (AvgIpc) is 2.22. The molecule has 4 unspecified atom stereocenters. The van der Waals surface area contributed by atoms with Crippen LogP contribution < -0.4 is 0 Å². The highest BCUT2D eigenvalue weighted by molar-refractivity contribution is 7.10. The first-order valence-corrected chi connectivity index (χ1v) is 5.22. The van der Waals surface area contributed by atoms with Crippen molar-refractivity contribution >= 4 is 18.9 Å². The van der Waals surface area contributed by atoms with Gasteiger partial charge in [0.05, 0.1) is 12.7 Å². The third-order valence-corrected chi connectivity index (χ3v) is 2.82. The van der Waals surface area contributed by atoms with Crippen molar-refractivity contribution in [2.24, 2.45) is 0 Å². The summed E-state index contributed by atoms with van der Waals surface area (Å²) < 4.78 is 22.2. The number of hydrogen-bond donors (Lipinski definition) is 2. The van der Waals surface area contributed by atoms with Crippen LogP contribution in [-0.2, 0) is 13.8 Å². The molecule has 0 aromatic rings. The van der Waals surface area contributed by atoms with E-state index in [1.165, 1.54) is 0 Å². The third-order valence-electron chi connectivity index (χ3n) is 2.31. The summed E-state index contributed by atoms with van der Waals surface area (Å²) in [5.74, 6) is 0. The minimum atomic E-state index is -0.880. The Balaban J connectivity index is 2.70. The standard InChI is InChI=1S/C7H16O5P2/c1-3-5(8)7(12-14)6(9)4(11-3)2-10-13/h3-9H,2,13-14H2,1H3/t3?,4?,5-,6-,7+/m0/s1/i8D. The quantitative estimate of drug-likeness (QED) is 0.650. The van der Waals surface area contributed by atoms with Gasteiger partial charge in [0.2, 0.25) is 1.43 Å². The van der Waals surface area contributed by atoms with E-state index >= 15 is 0 Å². The van der Waals surface area contributed by atoms with Crippen LogP contribution >= 0.6 is 18.9 Å². The number of aliphatic hydroxyl groups is 2. The Morgan fingerprint density at radius 1 is 1.50 bits per heavy atom. The minimum Gasteiger partial charge on any atom is -0.388 e. The maximum absolute atomic E-state index is 9.86. The fraction of sp³-hybridized carbons (Fsp3) is 1.00. The van der Waals surface area contributed by atoms with Crippen LogP contribution in [-0.4, -0.2) is 48.8 Å². The van der Waals surface area contributed by atoms with Crippen LogP contribution in [0.4, 0.5) is 0 Å². The van der Waals surface area contributed by atoms with Gasteiger partial charge in [-0.3, -0.25) is 0 Å². The lowest BCUT2D eigenvalue weighted by Crippen LogP contribution is -2.57. The van der Waals surface area contributed by atoms with Crippen molar-refractivity contribution in [2.45, 2.75) is 37.4 Å². The molecule has 0 aromatic carbocycles. The zero-order chi connectivity index (χ0) is 11.4. The van der Waals surface area contributed by atoms with Gasteiger partial charge in [-0.25, -0.2) is 0 Å². The second-order valence-electron chi connectivity index (χ2n) is 3.27. The molecule has 0 aliphatic carbocycles. The Labute approximate surface area is 89.2 Å². The molecule has 2 N–H and O–H groups in total. The first-order valence-electron chi connectivity index (χ1n) is 4.69. The van der Waals surface area contributed by atoms with E-state index in [4.69, 9.17) is 15.2 Å². The summed E-state index contributed by atoms with van der Waals surface area (Å²) in [6, 6.07) is 0. The molecule has 1 heterocycles. The average molecular weight is 243 g/mol. The molecular weight excluding hydrogens is 226 g/mol. The predicted molar refractivity (Wildman–Crippen MR) is 56.6 cm³/mol. The number of hydrogen-bond acceptors (Lipinski definition) is 5. The number of ether oxygens (including phenoxy) is 1. The normalized spacial score (nSPS) is 44.9. The van der Waals surface area contributed by atoms with E-state index in [0.717, 1.165) is 0 Å². The summed E-state index contributed by atoms with van der Waals surface area (Å²) in [4.78, 5) is 0. The lowest BCUT2D eigenvalue weighted by Gasteiger charge is -2.40. The molecule has 1 saturated heterocycles. The van der Waals surface area contributed by atoms with E-state index in [-0.39, 0.29) is 12.7 Å². The highest BCUT2D eigenvalue weighted by Gasteiger charge is 2.42. The molecule has 0 radical (unpaired) electrons. The van der Waals surface area contributed by atoms with Crippen LogP contribution in [0.5, 0.6) is 0 Å². The molecule has 1 aliphatic heterocycles.